The van der Waals surface area contributed by atoms with Crippen LogP contribution in [-0.2, 0) is 9.84 Å². The van der Waals surface area contributed by atoms with Crippen LogP contribution in [-0.4, -0.2) is 44.1 Å². The monoisotopic (exact) mass is 315 g/mol. The third-order valence-electron chi connectivity index (χ3n) is 3.90. The summed E-state index contributed by atoms with van der Waals surface area (Å²) in [5.41, 5.74) is 11.8. The summed E-state index contributed by atoms with van der Waals surface area (Å²) < 4.78 is 25.8. The van der Waals surface area contributed by atoms with Crippen LogP contribution in [0.4, 0.5) is 11.6 Å². The Bertz CT molecular complexity index is 608. The molecule has 1 aromatic heterocycles. The van der Waals surface area contributed by atoms with E-state index in [9.17, 15) is 8.42 Å². The van der Waals surface area contributed by atoms with Gasteiger partial charge in [0.1, 0.15) is 5.82 Å². The zero-order chi connectivity index (χ0) is 15.8. The van der Waals surface area contributed by atoms with Gasteiger partial charge in [0, 0.05) is 25.4 Å². The number of sulfone groups is 1. The van der Waals surface area contributed by atoms with Crippen molar-refractivity contribution in [1.29, 1.82) is 0 Å². The van der Waals surface area contributed by atoms with Crippen molar-refractivity contribution in [2.75, 3.05) is 36.5 Å². The molecule has 1 aliphatic heterocycles. The lowest BCUT2D eigenvalue weighted by Gasteiger charge is -2.32. The predicted octanol–water partition coefficient (Wildman–Crippen LogP) is 0.625. The number of nitrogen functional groups attached to an aromatic ring is 1. The standard InChI is InChI=1S/C13H25N5O2S/c1-9(2)18-12(15)11(21(3,19)20)13(16-18)17-6-4-5-10(7-14)8-17/h9-10H,4-8,14-15H2,1-3H3. The van der Waals surface area contributed by atoms with Crippen molar-refractivity contribution in [1.82, 2.24) is 9.78 Å². The molecule has 0 aliphatic carbocycles. The summed E-state index contributed by atoms with van der Waals surface area (Å²) in [6, 6.07) is 0.00865. The van der Waals surface area contributed by atoms with Gasteiger partial charge in [0.25, 0.3) is 0 Å². The van der Waals surface area contributed by atoms with Gasteiger partial charge in [-0.2, -0.15) is 5.10 Å². The summed E-state index contributed by atoms with van der Waals surface area (Å²) in [5, 5.41) is 4.47. The summed E-state index contributed by atoms with van der Waals surface area (Å²) in [7, 11) is -3.43. The lowest BCUT2D eigenvalue weighted by molar-refractivity contribution is 0.418. The van der Waals surface area contributed by atoms with E-state index in [-0.39, 0.29) is 16.8 Å². The molecule has 2 heterocycles. The lowest BCUT2D eigenvalue weighted by Crippen LogP contribution is -2.39. The van der Waals surface area contributed by atoms with Crippen molar-refractivity contribution >= 4 is 21.5 Å². The third kappa shape index (κ3) is 3.16. The molecule has 0 spiro atoms. The predicted molar refractivity (Wildman–Crippen MR) is 84.1 cm³/mol. The van der Waals surface area contributed by atoms with Crippen molar-refractivity contribution in [3.63, 3.8) is 0 Å². The first-order valence-electron chi connectivity index (χ1n) is 7.28. The second kappa shape index (κ2) is 5.84. The van der Waals surface area contributed by atoms with E-state index in [2.05, 4.69) is 5.10 Å². The fourth-order valence-corrected chi connectivity index (χ4v) is 3.80. The fraction of sp³-hybridized carbons (Fsp3) is 0.769. The van der Waals surface area contributed by atoms with Crippen LogP contribution < -0.4 is 16.4 Å². The summed E-state index contributed by atoms with van der Waals surface area (Å²) in [5.74, 6) is 1.07. The van der Waals surface area contributed by atoms with Crippen LogP contribution in [0.25, 0.3) is 0 Å². The summed E-state index contributed by atoms with van der Waals surface area (Å²) in [4.78, 5) is 2.15. The van der Waals surface area contributed by atoms with Crippen molar-refractivity contribution in [3.05, 3.63) is 0 Å². The summed E-state index contributed by atoms with van der Waals surface area (Å²) in [6.07, 6.45) is 3.24. The molecular weight excluding hydrogens is 290 g/mol. The van der Waals surface area contributed by atoms with Gasteiger partial charge in [0.2, 0.25) is 0 Å². The molecule has 1 fully saturated rings. The summed E-state index contributed by atoms with van der Waals surface area (Å²) >= 11 is 0. The highest BCUT2D eigenvalue weighted by atomic mass is 32.2. The van der Waals surface area contributed by atoms with Crippen LogP contribution in [0.3, 0.4) is 0 Å². The number of hydrogen-bond donors (Lipinski definition) is 2. The van der Waals surface area contributed by atoms with Gasteiger partial charge < -0.3 is 16.4 Å². The number of anilines is 2. The number of nitrogens with two attached hydrogens (primary N) is 2. The zero-order valence-electron chi connectivity index (χ0n) is 12.9. The molecule has 1 unspecified atom stereocenters. The Balaban J connectivity index is 2.49. The molecule has 8 heteroatoms. The molecule has 1 atom stereocenters. The van der Waals surface area contributed by atoms with Crippen molar-refractivity contribution < 1.29 is 8.42 Å². The van der Waals surface area contributed by atoms with Gasteiger partial charge in [-0.15, -0.1) is 0 Å². The molecule has 1 aliphatic rings. The van der Waals surface area contributed by atoms with Gasteiger partial charge in [0.15, 0.2) is 20.6 Å². The minimum Gasteiger partial charge on any atom is -0.383 e. The molecule has 21 heavy (non-hydrogen) atoms. The smallest absolute Gasteiger partial charge is 0.182 e. The third-order valence-corrected chi connectivity index (χ3v) is 5.03. The maximum atomic E-state index is 12.1. The van der Waals surface area contributed by atoms with Gasteiger partial charge in [-0.3, -0.25) is 0 Å². The molecule has 0 radical (unpaired) electrons. The molecule has 2 rings (SSSR count). The largest absolute Gasteiger partial charge is 0.383 e. The fourth-order valence-electron chi connectivity index (χ4n) is 2.83. The van der Waals surface area contributed by atoms with E-state index in [4.69, 9.17) is 11.5 Å². The SMILES string of the molecule is CC(C)n1nc(N2CCCC(CN)C2)c(S(C)(=O)=O)c1N. The molecule has 0 amide bonds. The van der Waals surface area contributed by atoms with Crippen molar-refractivity contribution in [2.45, 2.75) is 37.6 Å². The van der Waals surface area contributed by atoms with Gasteiger partial charge >= 0.3 is 0 Å². The average molecular weight is 315 g/mol. The Morgan fingerprint density at radius 1 is 1.43 bits per heavy atom. The van der Waals surface area contributed by atoms with E-state index in [0.29, 0.717) is 18.3 Å². The van der Waals surface area contributed by atoms with Gasteiger partial charge in [-0.1, -0.05) is 0 Å². The van der Waals surface area contributed by atoms with E-state index in [1.807, 2.05) is 18.7 Å². The minimum absolute atomic E-state index is 0.00865. The first kappa shape index (κ1) is 16.1. The number of aromatic nitrogens is 2. The molecule has 0 aromatic carbocycles. The quantitative estimate of drug-likeness (QED) is 0.843. The van der Waals surface area contributed by atoms with E-state index in [1.165, 1.54) is 6.26 Å². The van der Waals surface area contributed by atoms with Gasteiger partial charge in [-0.05, 0) is 39.2 Å². The molecule has 0 bridgehead atoms. The summed E-state index contributed by atoms with van der Waals surface area (Å²) in [6.45, 7) is 5.97. The zero-order valence-corrected chi connectivity index (χ0v) is 13.7. The second-order valence-electron chi connectivity index (χ2n) is 6.04. The molecule has 120 valence electrons. The number of nitrogens with zero attached hydrogens (tertiary/aromatic N) is 3. The first-order valence-corrected chi connectivity index (χ1v) is 9.17. The van der Waals surface area contributed by atoms with Crippen molar-refractivity contribution in [2.24, 2.45) is 11.7 Å². The number of hydrogen-bond acceptors (Lipinski definition) is 6. The van der Waals surface area contributed by atoms with Crippen LogP contribution in [0.15, 0.2) is 4.90 Å². The normalized spacial score (nSPS) is 20.2. The van der Waals surface area contributed by atoms with Gasteiger partial charge in [0.05, 0.1) is 0 Å². The van der Waals surface area contributed by atoms with Crippen LogP contribution in [0.2, 0.25) is 0 Å². The average Bonchev–Trinajstić information content (AvgIpc) is 2.76. The van der Waals surface area contributed by atoms with Crippen LogP contribution in [0.5, 0.6) is 0 Å². The van der Waals surface area contributed by atoms with Crippen LogP contribution in [0.1, 0.15) is 32.7 Å². The highest BCUT2D eigenvalue weighted by Gasteiger charge is 2.30. The maximum Gasteiger partial charge on any atom is 0.182 e. The minimum atomic E-state index is -3.43. The molecular formula is C13H25N5O2S. The van der Waals surface area contributed by atoms with Crippen LogP contribution >= 0.6 is 0 Å². The lowest BCUT2D eigenvalue weighted by atomic mass is 9.98. The Labute approximate surface area is 126 Å². The van der Waals surface area contributed by atoms with Crippen LogP contribution in [0, 0.1) is 5.92 Å². The number of rotatable bonds is 4. The topological polar surface area (TPSA) is 107 Å². The molecule has 7 nitrogen and oxygen atoms in total. The molecule has 1 aromatic rings. The Hall–Kier alpha value is -1.28. The van der Waals surface area contributed by atoms with E-state index < -0.39 is 9.84 Å². The Kier molecular flexibility index (Phi) is 4.48. The van der Waals surface area contributed by atoms with E-state index in [0.717, 1.165) is 25.9 Å². The van der Waals surface area contributed by atoms with Gasteiger partial charge in [-0.25, -0.2) is 13.1 Å². The Morgan fingerprint density at radius 2 is 2.10 bits per heavy atom. The second-order valence-corrected chi connectivity index (χ2v) is 7.99. The van der Waals surface area contributed by atoms with Crippen molar-refractivity contribution in [3.8, 4) is 0 Å². The number of piperidine rings is 1. The molecule has 0 saturated carbocycles. The van der Waals surface area contributed by atoms with E-state index >= 15 is 0 Å². The van der Waals surface area contributed by atoms with E-state index in [1.54, 1.807) is 4.68 Å². The first-order chi connectivity index (χ1) is 9.75. The highest BCUT2D eigenvalue weighted by Crippen LogP contribution is 2.34. The maximum absolute atomic E-state index is 12.1. The molecule has 1 saturated heterocycles. The Morgan fingerprint density at radius 3 is 2.62 bits per heavy atom. The highest BCUT2D eigenvalue weighted by molar-refractivity contribution is 7.91. The molecule has 4 N–H and O–H groups in total.